The van der Waals surface area contributed by atoms with Crippen LogP contribution in [-0.2, 0) is 0 Å². The summed E-state index contributed by atoms with van der Waals surface area (Å²) in [6, 6.07) is 16.9. The Kier molecular flexibility index (Phi) is 5.59. The topological polar surface area (TPSA) is 66.1 Å². The van der Waals surface area contributed by atoms with Gasteiger partial charge in [0.1, 0.15) is 0 Å². The van der Waals surface area contributed by atoms with Gasteiger partial charge in [0.15, 0.2) is 5.82 Å². The molecule has 0 aliphatic heterocycles. The van der Waals surface area contributed by atoms with Crippen molar-refractivity contribution in [3.63, 3.8) is 0 Å². The predicted molar refractivity (Wildman–Crippen MR) is 104 cm³/mol. The molecule has 0 aliphatic rings. The zero-order valence-corrected chi connectivity index (χ0v) is 14.7. The van der Waals surface area contributed by atoms with E-state index in [0.29, 0.717) is 24.0 Å². The second-order valence-corrected chi connectivity index (χ2v) is 6.00. The molecule has 2 aromatic carbocycles. The van der Waals surface area contributed by atoms with Gasteiger partial charge in [-0.3, -0.25) is 9.59 Å². The predicted octanol–water partition coefficient (Wildman–Crippen LogP) is 3.49. The van der Waals surface area contributed by atoms with Crippen molar-refractivity contribution in [2.75, 3.05) is 13.1 Å². The Bertz CT molecular complexity index is 977. The van der Waals surface area contributed by atoms with Crippen molar-refractivity contribution in [1.82, 2.24) is 14.9 Å². The van der Waals surface area contributed by atoms with Gasteiger partial charge in [0.25, 0.3) is 11.5 Å². The lowest BCUT2D eigenvalue weighted by atomic mass is 10.2. The summed E-state index contributed by atoms with van der Waals surface area (Å²) in [5.41, 5.74) is 1.31. The minimum atomic E-state index is -0.296. The molecule has 0 unspecified atom stereocenters. The van der Waals surface area contributed by atoms with Gasteiger partial charge >= 0.3 is 0 Å². The number of rotatable bonds is 6. The normalized spacial score (nSPS) is 11.1. The van der Waals surface area contributed by atoms with Crippen LogP contribution in [0.4, 0.5) is 0 Å². The summed E-state index contributed by atoms with van der Waals surface area (Å²) in [7, 11) is 0. The molecule has 1 heterocycles. The summed E-state index contributed by atoms with van der Waals surface area (Å²) in [6.45, 7) is 3.06. The summed E-state index contributed by atoms with van der Waals surface area (Å²) in [5.74, 6) is -0.192. The van der Waals surface area contributed by atoms with Gasteiger partial charge in [-0.1, -0.05) is 61.5 Å². The van der Waals surface area contributed by atoms with E-state index in [1.54, 1.807) is 29.2 Å². The molecule has 0 saturated carbocycles. The first-order valence-electron chi connectivity index (χ1n) is 8.69. The van der Waals surface area contributed by atoms with Crippen LogP contribution in [0.15, 0.2) is 65.5 Å². The number of nitrogens with one attached hydrogen (secondary N) is 1. The molecule has 3 rings (SSSR count). The monoisotopic (exact) mass is 347 g/mol. The number of aromatic amines is 1. The molecule has 0 atom stereocenters. The fourth-order valence-corrected chi connectivity index (χ4v) is 2.76. The molecule has 0 bridgehead atoms. The van der Waals surface area contributed by atoms with Crippen molar-refractivity contribution in [2.45, 2.75) is 13.3 Å². The minimum absolute atomic E-state index is 0.0789. The third kappa shape index (κ3) is 4.06. The molecule has 26 heavy (non-hydrogen) atoms. The number of nitrogens with zero attached hydrogens (tertiary/aromatic N) is 2. The number of hydrogen-bond donors (Lipinski definition) is 1. The average molecular weight is 347 g/mol. The number of H-pyrrole nitrogens is 1. The second kappa shape index (κ2) is 8.25. The van der Waals surface area contributed by atoms with E-state index in [9.17, 15) is 9.59 Å². The Balaban J connectivity index is 1.82. The van der Waals surface area contributed by atoms with Gasteiger partial charge in [0, 0.05) is 13.1 Å². The SMILES string of the molecule is CCCN(C/C=C/c1ccccc1)C(=O)c1nc2ccccc2c(=O)[nH]1. The maximum Gasteiger partial charge on any atom is 0.290 e. The van der Waals surface area contributed by atoms with Gasteiger partial charge in [0.2, 0.25) is 0 Å². The van der Waals surface area contributed by atoms with Crippen molar-refractivity contribution >= 4 is 22.9 Å². The summed E-state index contributed by atoms with van der Waals surface area (Å²) < 4.78 is 0. The molecule has 0 aliphatic carbocycles. The van der Waals surface area contributed by atoms with Gasteiger partial charge in [0.05, 0.1) is 10.9 Å². The Hall–Kier alpha value is -3.21. The van der Waals surface area contributed by atoms with Gasteiger partial charge in [-0.15, -0.1) is 0 Å². The minimum Gasteiger partial charge on any atom is -0.332 e. The van der Waals surface area contributed by atoms with Crippen LogP contribution in [0.3, 0.4) is 0 Å². The lowest BCUT2D eigenvalue weighted by Gasteiger charge is -2.19. The molecule has 5 heteroatoms. The van der Waals surface area contributed by atoms with Crippen LogP contribution in [0.25, 0.3) is 17.0 Å². The number of hydrogen-bond acceptors (Lipinski definition) is 3. The van der Waals surface area contributed by atoms with Gasteiger partial charge in [-0.25, -0.2) is 4.98 Å². The number of aromatic nitrogens is 2. The van der Waals surface area contributed by atoms with Crippen LogP contribution in [-0.4, -0.2) is 33.9 Å². The quantitative estimate of drug-likeness (QED) is 0.742. The third-order valence-corrected chi connectivity index (χ3v) is 4.03. The van der Waals surface area contributed by atoms with E-state index in [1.165, 1.54) is 0 Å². The van der Waals surface area contributed by atoms with Crippen LogP contribution in [0.5, 0.6) is 0 Å². The van der Waals surface area contributed by atoms with Crippen LogP contribution in [0.1, 0.15) is 29.5 Å². The molecule has 1 aromatic heterocycles. The smallest absolute Gasteiger partial charge is 0.290 e. The molecule has 1 amide bonds. The van der Waals surface area contributed by atoms with Crippen molar-refractivity contribution in [3.05, 3.63) is 82.4 Å². The second-order valence-electron chi connectivity index (χ2n) is 6.00. The Morgan fingerprint density at radius 3 is 2.62 bits per heavy atom. The van der Waals surface area contributed by atoms with Gasteiger partial charge in [-0.05, 0) is 24.1 Å². The zero-order chi connectivity index (χ0) is 18.4. The lowest BCUT2D eigenvalue weighted by molar-refractivity contribution is 0.0762. The van der Waals surface area contributed by atoms with Crippen molar-refractivity contribution in [3.8, 4) is 0 Å². The standard InChI is InChI=1S/C21H21N3O2/c1-2-14-24(15-8-11-16-9-4-3-5-10-16)21(26)19-22-18-13-7-6-12-17(18)20(25)23-19/h3-13H,2,14-15H2,1H3,(H,22,23,25)/b11-8+. The first kappa shape index (κ1) is 17.6. The van der Waals surface area contributed by atoms with Gasteiger partial charge < -0.3 is 9.88 Å². The molecule has 1 N–H and O–H groups in total. The van der Waals surface area contributed by atoms with E-state index in [2.05, 4.69) is 9.97 Å². The van der Waals surface area contributed by atoms with E-state index in [0.717, 1.165) is 12.0 Å². The highest BCUT2D eigenvalue weighted by Crippen LogP contribution is 2.08. The Labute approximate surface area is 152 Å². The largest absolute Gasteiger partial charge is 0.332 e. The summed E-state index contributed by atoms with van der Waals surface area (Å²) in [4.78, 5) is 33.7. The molecular weight excluding hydrogens is 326 g/mol. The highest BCUT2D eigenvalue weighted by atomic mass is 16.2. The van der Waals surface area contributed by atoms with E-state index in [-0.39, 0.29) is 17.3 Å². The van der Waals surface area contributed by atoms with E-state index >= 15 is 0 Å². The molecule has 0 spiro atoms. The zero-order valence-electron chi connectivity index (χ0n) is 14.7. The number of fused-ring (bicyclic) bond motifs is 1. The maximum absolute atomic E-state index is 12.8. The van der Waals surface area contributed by atoms with Crippen LogP contribution in [0.2, 0.25) is 0 Å². The van der Waals surface area contributed by atoms with Crippen molar-refractivity contribution in [1.29, 1.82) is 0 Å². The van der Waals surface area contributed by atoms with Crippen molar-refractivity contribution in [2.24, 2.45) is 0 Å². The van der Waals surface area contributed by atoms with Crippen LogP contribution >= 0.6 is 0 Å². The van der Waals surface area contributed by atoms with Crippen LogP contribution in [0, 0.1) is 0 Å². The van der Waals surface area contributed by atoms with E-state index < -0.39 is 0 Å². The number of benzene rings is 2. The maximum atomic E-state index is 12.8. The highest BCUT2D eigenvalue weighted by Gasteiger charge is 2.17. The number of para-hydroxylation sites is 1. The summed E-state index contributed by atoms with van der Waals surface area (Å²) >= 11 is 0. The van der Waals surface area contributed by atoms with Crippen molar-refractivity contribution < 1.29 is 4.79 Å². The lowest BCUT2D eigenvalue weighted by Crippen LogP contribution is -2.34. The Morgan fingerprint density at radius 1 is 1.12 bits per heavy atom. The first-order chi connectivity index (χ1) is 12.7. The molecule has 5 nitrogen and oxygen atoms in total. The first-order valence-corrected chi connectivity index (χ1v) is 8.69. The fraction of sp³-hybridized carbons (Fsp3) is 0.190. The molecule has 0 radical (unpaired) electrons. The number of carbonyl (C=O) groups is 1. The fourth-order valence-electron chi connectivity index (χ4n) is 2.76. The summed E-state index contributed by atoms with van der Waals surface area (Å²) in [6.07, 6.45) is 4.75. The number of carbonyl (C=O) groups excluding carboxylic acids is 1. The van der Waals surface area contributed by atoms with Gasteiger partial charge in [-0.2, -0.15) is 0 Å². The Morgan fingerprint density at radius 2 is 1.85 bits per heavy atom. The van der Waals surface area contributed by atoms with E-state index in [4.69, 9.17) is 0 Å². The molecule has 0 saturated heterocycles. The third-order valence-electron chi connectivity index (χ3n) is 4.03. The average Bonchev–Trinajstić information content (AvgIpc) is 2.67. The van der Waals surface area contributed by atoms with Crippen LogP contribution < -0.4 is 5.56 Å². The molecular formula is C21H21N3O2. The highest BCUT2D eigenvalue weighted by molar-refractivity contribution is 5.92. The molecule has 3 aromatic rings. The molecule has 0 fully saturated rings. The summed E-state index contributed by atoms with van der Waals surface area (Å²) in [5, 5.41) is 0.482. The van der Waals surface area contributed by atoms with E-state index in [1.807, 2.05) is 49.4 Å². The molecule has 132 valence electrons. The number of amides is 1.